The van der Waals surface area contributed by atoms with Gasteiger partial charge in [0.2, 0.25) is 17.7 Å². The molecule has 0 aromatic carbocycles. The highest BCUT2D eigenvalue weighted by Crippen LogP contribution is 2.23. The topological polar surface area (TPSA) is 73.0 Å². The first-order chi connectivity index (χ1) is 12.1. The van der Waals surface area contributed by atoms with Gasteiger partial charge < -0.3 is 20.0 Å². The molecule has 1 N–H and O–H groups in total. The van der Waals surface area contributed by atoms with Crippen LogP contribution in [0.15, 0.2) is 0 Å². The number of likely N-dealkylation sites (tertiary alicyclic amines) is 2. The molecule has 7 heteroatoms. The fourth-order valence-electron chi connectivity index (χ4n) is 4.32. The van der Waals surface area contributed by atoms with Crippen LogP contribution < -0.4 is 5.32 Å². The number of piperidine rings is 2. The van der Waals surface area contributed by atoms with Gasteiger partial charge in [-0.25, -0.2) is 0 Å². The first-order valence-corrected chi connectivity index (χ1v) is 9.70. The molecule has 140 valence electrons. The molecule has 3 aliphatic heterocycles. The van der Waals surface area contributed by atoms with Crippen molar-refractivity contribution < 1.29 is 14.4 Å². The van der Waals surface area contributed by atoms with Crippen LogP contribution >= 0.6 is 0 Å². The fraction of sp³-hybridized carbons (Fsp3) is 0.833. The van der Waals surface area contributed by atoms with Crippen molar-refractivity contribution in [3.8, 4) is 0 Å². The smallest absolute Gasteiger partial charge is 0.245 e. The molecule has 3 amide bonds. The van der Waals surface area contributed by atoms with E-state index < -0.39 is 0 Å². The van der Waals surface area contributed by atoms with Crippen molar-refractivity contribution in [2.45, 2.75) is 57.5 Å². The average Bonchev–Trinajstić information content (AvgIpc) is 2.67. The van der Waals surface area contributed by atoms with Crippen LogP contribution in [-0.2, 0) is 14.4 Å². The standard InChI is InChI=1S/C18H30N4O3/c1-2-16(23)22-10-4-3-7-15(22)18(25)20-9-5-6-14(13-20)21-11-8-19-12-17(21)24/h14-15,19H,2-13H2,1H3. The average molecular weight is 350 g/mol. The predicted molar refractivity (Wildman–Crippen MR) is 93.8 cm³/mol. The predicted octanol–water partition coefficient (Wildman–Crippen LogP) is 0.200. The van der Waals surface area contributed by atoms with E-state index >= 15 is 0 Å². The number of hydrogen-bond acceptors (Lipinski definition) is 4. The number of rotatable bonds is 3. The van der Waals surface area contributed by atoms with E-state index in [1.807, 2.05) is 16.7 Å². The van der Waals surface area contributed by atoms with Crippen molar-refractivity contribution in [2.24, 2.45) is 0 Å². The third kappa shape index (κ3) is 3.97. The normalized spacial score (nSPS) is 28.2. The lowest BCUT2D eigenvalue weighted by Gasteiger charge is -2.43. The van der Waals surface area contributed by atoms with Gasteiger partial charge in [-0.05, 0) is 32.1 Å². The Balaban J connectivity index is 1.66. The zero-order valence-corrected chi connectivity index (χ0v) is 15.2. The molecule has 2 unspecified atom stereocenters. The molecule has 2 atom stereocenters. The van der Waals surface area contributed by atoms with Crippen molar-refractivity contribution in [3.63, 3.8) is 0 Å². The highest BCUT2D eigenvalue weighted by atomic mass is 16.2. The van der Waals surface area contributed by atoms with E-state index in [9.17, 15) is 14.4 Å². The third-order valence-electron chi connectivity index (χ3n) is 5.69. The van der Waals surface area contributed by atoms with Gasteiger partial charge in [0, 0.05) is 45.2 Å². The molecular formula is C18H30N4O3. The molecule has 0 aromatic rings. The minimum absolute atomic E-state index is 0.0730. The molecule has 7 nitrogen and oxygen atoms in total. The van der Waals surface area contributed by atoms with Crippen molar-refractivity contribution in [2.75, 3.05) is 39.3 Å². The summed E-state index contributed by atoms with van der Waals surface area (Å²) < 4.78 is 0. The van der Waals surface area contributed by atoms with Gasteiger partial charge in [-0.3, -0.25) is 14.4 Å². The molecule has 3 heterocycles. The Morgan fingerprint density at radius 2 is 1.96 bits per heavy atom. The van der Waals surface area contributed by atoms with Crippen molar-refractivity contribution in [3.05, 3.63) is 0 Å². The summed E-state index contributed by atoms with van der Waals surface area (Å²) in [7, 11) is 0. The second-order valence-corrected chi connectivity index (χ2v) is 7.30. The lowest BCUT2D eigenvalue weighted by molar-refractivity contribution is -0.150. The summed E-state index contributed by atoms with van der Waals surface area (Å²) in [6, 6.07) is -0.190. The number of piperazine rings is 1. The highest BCUT2D eigenvalue weighted by molar-refractivity contribution is 5.88. The van der Waals surface area contributed by atoms with Crippen LogP contribution in [-0.4, -0.2) is 83.8 Å². The summed E-state index contributed by atoms with van der Waals surface area (Å²) in [6.45, 7) is 5.82. The number of nitrogens with one attached hydrogen (secondary N) is 1. The van der Waals surface area contributed by atoms with Crippen LogP contribution in [0.3, 0.4) is 0 Å². The number of amides is 3. The van der Waals surface area contributed by atoms with Gasteiger partial charge in [-0.1, -0.05) is 6.92 Å². The van der Waals surface area contributed by atoms with E-state index in [0.717, 1.165) is 51.7 Å². The maximum atomic E-state index is 13.1. The van der Waals surface area contributed by atoms with E-state index in [-0.39, 0.29) is 29.8 Å². The van der Waals surface area contributed by atoms with Gasteiger partial charge in [0.25, 0.3) is 0 Å². The molecular weight excluding hydrogens is 320 g/mol. The Bertz CT molecular complexity index is 524. The van der Waals surface area contributed by atoms with Crippen LogP contribution in [0.4, 0.5) is 0 Å². The number of hydrogen-bond donors (Lipinski definition) is 1. The van der Waals surface area contributed by atoms with Crippen LogP contribution in [0.1, 0.15) is 45.4 Å². The van der Waals surface area contributed by atoms with Gasteiger partial charge in [-0.2, -0.15) is 0 Å². The van der Waals surface area contributed by atoms with E-state index in [1.54, 1.807) is 4.90 Å². The van der Waals surface area contributed by atoms with Gasteiger partial charge in [0.05, 0.1) is 6.54 Å². The zero-order chi connectivity index (χ0) is 17.8. The summed E-state index contributed by atoms with van der Waals surface area (Å²) in [4.78, 5) is 43.1. The minimum Gasteiger partial charge on any atom is -0.339 e. The van der Waals surface area contributed by atoms with Crippen LogP contribution in [0.25, 0.3) is 0 Å². The monoisotopic (exact) mass is 350 g/mol. The second kappa shape index (κ2) is 8.17. The van der Waals surface area contributed by atoms with E-state index in [2.05, 4.69) is 5.32 Å². The summed E-state index contributed by atoms with van der Waals surface area (Å²) in [5.74, 6) is 0.281. The van der Waals surface area contributed by atoms with Gasteiger partial charge in [-0.15, -0.1) is 0 Å². The number of nitrogens with zero attached hydrogens (tertiary/aromatic N) is 3. The summed E-state index contributed by atoms with van der Waals surface area (Å²) in [5.41, 5.74) is 0. The molecule has 3 aliphatic rings. The Morgan fingerprint density at radius 3 is 2.72 bits per heavy atom. The SMILES string of the molecule is CCC(=O)N1CCCCC1C(=O)N1CCCC(N2CCNCC2=O)C1. The van der Waals surface area contributed by atoms with Crippen LogP contribution in [0.5, 0.6) is 0 Å². The Kier molecular flexibility index (Phi) is 5.93. The maximum Gasteiger partial charge on any atom is 0.245 e. The molecule has 0 aromatic heterocycles. The van der Waals surface area contributed by atoms with Crippen LogP contribution in [0, 0.1) is 0 Å². The zero-order valence-electron chi connectivity index (χ0n) is 15.2. The Morgan fingerprint density at radius 1 is 1.12 bits per heavy atom. The Labute approximate surface area is 149 Å². The van der Waals surface area contributed by atoms with Crippen LogP contribution in [0.2, 0.25) is 0 Å². The third-order valence-corrected chi connectivity index (χ3v) is 5.69. The van der Waals surface area contributed by atoms with E-state index in [4.69, 9.17) is 0 Å². The molecule has 0 spiro atoms. The second-order valence-electron chi connectivity index (χ2n) is 7.30. The number of carbonyl (C=O) groups excluding carboxylic acids is 3. The van der Waals surface area contributed by atoms with E-state index in [1.165, 1.54) is 0 Å². The largest absolute Gasteiger partial charge is 0.339 e. The summed E-state index contributed by atoms with van der Waals surface area (Å²) in [6.07, 6.45) is 5.06. The molecule has 3 rings (SSSR count). The Hall–Kier alpha value is -1.63. The van der Waals surface area contributed by atoms with Gasteiger partial charge in [0.15, 0.2) is 0 Å². The lowest BCUT2D eigenvalue weighted by atomic mass is 9.97. The van der Waals surface area contributed by atoms with Gasteiger partial charge in [0.1, 0.15) is 6.04 Å². The van der Waals surface area contributed by atoms with Crippen molar-refractivity contribution in [1.82, 2.24) is 20.0 Å². The molecule has 25 heavy (non-hydrogen) atoms. The first kappa shape index (κ1) is 18.2. The minimum atomic E-state index is -0.307. The molecule has 3 fully saturated rings. The molecule has 0 aliphatic carbocycles. The van der Waals surface area contributed by atoms with Gasteiger partial charge >= 0.3 is 0 Å². The lowest BCUT2D eigenvalue weighted by Crippen LogP contribution is -2.60. The highest BCUT2D eigenvalue weighted by Gasteiger charge is 2.37. The van der Waals surface area contributed by atoms with Crippen molar-refractivity contribution in [1.29, 1.82) is 0 Å². The number of carbonyl (C=O) groups is 3. The first-order valence-electron chi connectivity index (χ1n) is 9.70. The molecule has 0 saturated carbocycles. The fourth-order valence-corrected chi connectivity index (χ4v) is 4.32. The molecule has 3 saturated heterocycles. The quantitative estimate of drug-likeness (QED) is 0.789. The van der Waals surface area contributed by atoms with Crippen molar-refractivity contribution >= 4 is 17.7 Å². The summed E-state index contributed by atoms with van der Waals surface area (Å²) >= 11 is 0. The molecule has 0 radical (unpaired) electrons. The van der Waals surface area contributed by atoms with E-state index in [0.29, 0.717) is 26.1 Å². The molecule has 0 bridgehead atoms. The maximum absolute atomic E-state index is 13.1. The summed E-state index contributed by atoms with van der Waals surface area (Å²) in [5, 5.41) is 3.10.